The van der Waals surface area contributed by atoms with E-state index in [1.54, 1.807) is 7.05 Å². The molecule has 0 aromatic carbocycles. The fourth-order valence-electron chi connectivity index (χ4n) is 1.76. The topological polar surface area (TPSA) is 76.3 Å². The monoisotopic (exact) mass is 255 g/mol. The van der Waals surface area contributed by atoms with Gasteiger partial charge in [-0.1, -0.05) is 13.8 Å². The number of rotatable bonds is 5. The molecule has 0 saturated heterocycles. The molecule has 1 aromatic rings. The van der Waals surface area contributed by atoms with E-state index in [0.29, 0.717) is 12.1 Å². The zero-order chi connectivity index (χ0) is 13.9. The van der Waals surface area contributed by atoms with E-state index in [1.165, 1.54) is 17.8 Å². The molecule has 0 amide bonds. The maximum absolute atomic E-state index is 11.9. The van der Waals surface area contributed by atoms with E-state index >= 15 is 0 Å². The van der Waals surface area contributed by atoms with E-state index in [2.05, 4.69) is 5.32 Å². The maximum atomic E-state index is 11.9. The Morgan fingerprint density at radius 3 is 2.44 bits per heavy atom. The molecule has 1 aromatic heterocycles. The summed E-state index contributed by atoms with van der Waals surface area (Å²) in [5.74, 6) is 0.270. The lowest BCUT2D eigenvalue weighted by Gasteiger charge is -2.20. The van der Waals surface area contributed by atoms with Gasteiger partial charge in [-0.3, -0.25) is 9.36 Å². The Morgan fingerprint density at radius 2 is 1.94 bits per heavy atom. The lowest BCUT2D eigenvalue weighted by Crippen LogP contribution is -2.42. The van der Waals surface area contributed by atoms with Crippen LogP contribution in [0.1, 0.15) is 19.4 Å². The van der Waals surface area contributed by atoms with Gasteiger partial charge in [-0.05, 0) is 5.92 Å². The summed E-state index contributed by atoms with van der Waals surface area (Å²) in [6.07, 6.45) is 1.53. The second-order valence-corrected chi connectivity index (χ2v) is 4.83. The maximum Gasteiger partial charge on any atom is 0.330 e. The molecule has 6 heteroatoms. The van der Waals surface area contributed by atoms with Crippen LogP contribution in [0.15, 0.2) is 15.8 Å². The number of aromatic nitrogens is 2. The minimum Gasteiger partial charge on any atom is -0.395 e. The summed E-state index contributed by atoms with van der Waals surface area (Å²) in [5, 5.41) is 12.3. The molecule has 0 bridgehead atoms. The fourth-order valence-corrected chi connectivity index (χ4v) is 1.76. The molecule has 1 rings (SSSR count). The van der Waals surface area contributed by atoms with Gasteiger partial charge in [0.15, 0.2) is 0 Å². The first kappa shape index (κ1) is 14.7. The van der Waals surface area contributed by atoms with Gasteiger partial charge in [-0.15, -0.1) is 0 Å². The first-order chi connectivity index (χ1) is 8.38. The van der Waals surface area contributed by atoms with E-state index in [4.69, 9.17) is 0 Å². The molecule has 0 aliphatic heterocycles. The van der Waals surface area contributed by atoms with Crippen LogP contribution in [0, 0.1) is 5.92 Å². The largest absolute Gasteiger partial charge is 0.395 e. The van der Waals surface area contributed by atoms with Crippen molar-refractivity contribution in [3.8, 4) is 0 Å². The Labute approximate surface area is 106 Å². The van der Waals surface area contributed by atoms with E-state index in [9.17, 15) is 14.7 Å². The van der Waals surface area contributed by atoms with Crippen molar-refractivity contribution in [3.05, 3.63) is 32.6 Å². The fraction of sp³-hybridized carbons (Fsp3) is 0.667. The standard InChI is InChI=1S/C12H21N3O3/c1-8(2)10(7-16)13-5-9-6-14(3)12(18)15(4)11(9)17/h6,8,10,13,16H,5,7H2,1-4H3/t10-/m1/s1. The van der Waals surface area contributed by atoms with Crippen molar-refractivity contribution in [1.82, 2.24) is 14.5 Å². The van der Waals surface area contributed by atoms with Gasteiger partial charge in [-0.2, -0.15) is 0 Å². The van der Waals surface area contributed by atoms with Crippen LogP contribution in [0.5, 0.6) is 0 Å². The number of nitrogens with zero attached hydrogens (tertiary/aromatic N) is 2. The third-order valence-corrected chi connectivity index (χ3v) is 3.07. The minimum absolute atomic E-state index is 0.0176. The van der Waals surface area contributed by atoms with Crippen LogP contribution in [0.4, 0.5) is 0 Å². The number of hydrogen-bond donors (Lipinski definition) is 2. The van der Waals surface area contributed by atoms with Gasteiger partial charge < -0.3 is 15.0 Å². The normalized spacial score (nSPS) is 13.0. The van der Waals surface area contributed by atoms with Gasteiger partial charge >= 0.3 is 5.69 Å². The van der Waals surface area contributed by atoms with Gasteiger partial charge in [0.25, 0.3) is 5.56 Å². The Morgan fingerprint density at radius 1 is 1.33 bits per heavy atom. The van der Waals surface area contributed by atoms with Crippen LogP contribution >= 0.6 is 0 Å². The van der Waals surface area contributed by atoms with Crippen molar-refractivity contribution in [3.63, 3.8) is 0 Å². The van der Waals surface area contributed by atoms with Crippen LogP contribution in [0.25, 0.3) is 0 Å². The van der Waals surface area contributed by atoms with Crippen molar-refractivity contribution in [2.24, 2.45) is 20.0 Å². The lowest BCUT2D eigenvalue weighted by molar-refractivity contribution is 0.210. The van der Waals surface area contributed by atoms with Crippen LogP contribution in [0.2, 0.25) is 0 Å². The van der Waals surface area contributed by atoms with E-state index in [0.717, 1.165) is 4.57 Å². The molecule has 1 heterocycles. The molecule has 6 nitrogen and oxygen atoms in total. The summed E-state index contributed by atoms with van der Waals surface area (Å²) in [5.41, 5.74) is -0.129. The molecule has 0 aliphatic carbocycles. The molecule has 1 atom stereocenters. The van der Waals surface area contributed by atoms with E-state index in [1.807, 2.05) is 13.8 Å². The highest BCUT2D eigenvalue weighted by Crippen LogP contribution is 2.01. The molecule has 0 radical (unpaired) electrons. The van der Waals surface area contributed by atoms with E-state index in [-0.39, 0.29) is 29.8 Å². The predicted octanol–water partition coefficient (Wildman–Crippen LogP) is -0.809. The van der Waals surface area contributed by atoms with Gasteiger partial charge in [0.1, 0.15) is 0 Å². The van der Waals surface area contributed by atoms with Crippen molar-refractivity contribution in [2.45, 2.75) is 26.4 Å². The molecule has 102 valence electrons. The zero-order valence-corrected chi connectivity index (χ0v) is 11.3. The third-order valence-electron chi connectivity index (χ3n) is 3.07. The van der Waals surface area contributed by atoms with Crippen molar-refractivity contribution in [2.75, 3.05) is 6.61 Å². The average Bonchev–Trinajstić information content (AvgIpc) is 2.33. The molecule has 0 saturated carbocycles. The Bertz CT molecular complexity index is 516. The van der Waals surface area contributed by atoms with Crippen LogP contribution in [0.3, 0.4) is 0 Å². The Kier molecular flexibility index (Phi) is 4.86. The van der Waals surface area contributed by atoms with Crippen LogP contribution in [-0.4, -0.2) is 26.9 Å². The van der Waals surface area contributed by atoms with Crippen molar-refractivity contribution >= 4 is 0 Å². The molecule has 0 fully saturated rings. The number of aliphatic hydroxyl groups is 1. The van der Waals surface area contributed by atoms with Gasteiger partial charge in [0, 0.05) is 38.4 Å². The second-order valence-electron chi connectivity index (χ2n) is 4.83. The molecule has 18 heavy (non-hydrogen) atoms. The first-order valence-corrected chi connectivity index (χ1v) is 5.98. The van der Waals surface area contributed by atoms with Gasteiger partial charge in [0.2, 0.25) is 0 Å². The zero-order valence-electron chi connectivity index (χ0n) is 11.3. The van der Waals surface area contributed by atoms with Gasteiger partial charge in [0.05, 0.1) is 6.61 Å². The van der Waals surface area contributed by atoms with Crippen molar-refractivity contribution < 1.29 is 5.11 Å². The summed E-state index contributed by atoms with van der Waals surface area (Å²) in [6, 6.07) is -0.0630. The lowest BCUT2D eigenvalue weighted by atomic mass is 10.1. The summed E-state index contributed by atoms with van der Waals surface area (Å²) in [4.78, 5) is 23.4. The van der Waals surface area contributed by atoms with Crippen molar-refractivity contribution in [1.29, 1.82) is 0 Å². The summed E-state index contributed by atoms with van der Waals surface area (Å²) in [6.45, 7) is 4.34. The smallest absolute Gasteiger partial charge is 0.330 e. The molecular weight excluding hydrogens is 234 g/mol. The average molecular weight is 255 g/mol. The number of aliphatic hydroxyl groups excluding tert-OH is 1. The molecule has 2 N–H and O–H groups in total. The predicted molar refractivity (Wildman–Crippen MR) is 69.5 cm³/mol. The number of aryl methyl sites for hydroxylation is 1. The van der Waals surface area contributed by atoms with E-state index < -0.39 is 0 Å². The van der Waals surface area contributed by atoms with Crippen LogP contribution in [-0.2, 0) is 20.6 Å². The third kappa shape index (κ3) is 3.08. The minimum atomic E-state index is -0.341. The highest BCUT2D eigenvalue weighted by atomic mass is 16.3. The molecule has 0 spiro atoms. The Balaban J connectivity index is 2.93. The quantitative estimate of drug-likeness (QED) is 0.721. The van der Waals surface area contributed by atoms with Gasteiger partial charge in [-0.25, -0.2) is 4.79 Å². The number of nitrogens with one attached hydrogen (secondary N) is 1. The first-order valence-electron chi connectivity index (χ1n) is 5.98. The second kappa shape index (κ2) is 5.97. The summed E-state index contributed by atoms with van der Waals surface area (Å²) < 4.78 is 2.46. The Hall–Kier alpha value is -1.40. The molecular formula is C12H21N3O3. The SMILES string of the molecule is CC(C)[C@@H](CO)NCc1cn(C)c(=O)n(C)c1=O. The summed E-state index contributed by atoms with van der Waals surface area (Å²) in [7, 11) is 3.07. The summed E-state index contributed by atoms with van der Waals surface area (Å²) >= 11 is 0. The highest BCUT2D eigenvalue weighted by Gasteiger charge is 2.13. The number of hydrogen-bond acceptors (Lipinski definition) is 4. The molecule has 0 unspecified atom stereocenters. The molecule has 0 aliphatic rings. The van der Waals surface area contributed by atoms with Crippen LogP contribution < -0.4 is 16.6 Å². The highest BCUT2D eigenvalue weighted by molar-refractivity contribution is 5.05.